The molecule has 0 unspecified atom stereocenters. The number of hydrogen-bond acceptors (Lipinski definition) is 4. The van der Waals surface area contributed by atoms with Gasteiger partial charge in [0.05, 0.1) is 19.5 Å². The van der Waals surface area contributed by atoms with E-state index in [0.29, 0.717) is 0 Å². The summed E-state index contributed by atoms with van der Waals surface area (Å²) in [6, 6.07) is 37.2. The third-order valence-electron chi connectivity index (χ3n) is 8.05. The summed E-state index contributed by atoms with van der Waals surface area (Å²) in [4.78, 5) is 3.04. The smallest absolute Gasteiger partial charge is 0.0636 e. The second-order valence-electron chi connectivity index (χ2n) is 11.8. The molecule has 0 atom stereocenters. The molecule has 0 N–H and O–H groups in total. The van der Waals surface area contributed by atoms with E-state index in [0.717, 1.165) is 54.6 Å². The predicted octanol–water partition coefficient (Wildman–Crippen LogP) is 12.7. The van der Waals surface area contributed by atoms with Crippen LogP contribution in [0, 0.1) is 0 Å². The van der Waals surface area contributed by atoms with E-state index in [1.807, 2.05) is 60.7 Å². The molecule has 0 fully saturated rings. The molecule has 0 amide bonds. The zero-order chi connectivity index (χ0) is 33.0. The first-order chi connectivity index (χ1) is 22.4. The Morgan fingerprint density at radius 3 is 0.936 bits per heavy atom. The molecular formula is C42H48NiS4. The molecule has 4 aromatic rings. The molecule has 0 radical (unpaired) electrons. The second kappa shape index (κ2) is 24.0. The van der Waals surface area contributed by atoms with E-state index in [9.17, 15) is 0 Å². The minimum absolute atomic E-state index is 0. The minimum atomic E-state index is 0. The normalized spacial score (nSPS) is 10.3. The average Bonchev–Trinajstić information content (AvgIpc) is 3.12. The molecule has 5 heteroatoms. The van der Waals surface area contributed by atoms with Gasteiger partial charge < -0.3 is 0 Å². The van der Waals surface area contributed by atoms with Gasteiger partial charge in [-0.25, -0.2) is 0 Å². The van der Waals surface area contributed by atoms with Crippen molar-refractivity contribution in [2.45, 2.75) is 90.9 Å². The monoisotopic (exact) mass is 738 g/mol. The van der Waals surface area contributed by atoms with Crippen LogP contribution in [-0.2, 0) is 29.3 Å². The fraction of sp³-hybridized carbons (Fsp3) is 0.333. The summed E-state index contributed by atoms with van der Waals surface area (Å²) in [5.74, 6) is 0. The van der Waals surface area contributed by atoms with E-state index in [4.69, 9.17) is 48.9 Å². The van der Waals surface area contributed by atoms with Crippen molar-refractivity contribution in [3.05, 3.63) is 143 Å². The third-order valence-corrected chi connectivity index (χ3v) is 10.1. The number of thiocarbonyl (C=S) groups is 4. The molecule has 0 aliphatic rings. The number of rotatable bonds is 18. The Labute approximate surface area is 316 Å². The molecular weight excluding hydrogens is 691 g/mol. The van der Waals surface area contributed by atoms with E-state index in [1.165, 1.54) is 75.3 Å². The number of aryl methyl sites for hydroxylation is 2. The Hall–Kier alpha value is -2.27. The van der Waals surface area contributed by atoms with Gasteiger partial charge in [-0.15, -0.1) is 0 Å². The maximum atomic E-state index is 5.56. The number of benzene rings is 4. The van der Waals surface area contributed by atoms with Crippen molar-refractivity contribution in [1.82, 2.24) is 0 Å². The Kier molecular flexibility index (Phi) is 20.9. The van der Waals surface area contributed by atoms with E-state index >= 15 is 0 Å². The van der Waals surface area contributed by atoms with Gasteiger partial charge in [-0.2, -0.15) is 0 Å². The summed E-state index contributed by atoms with van der Waals surface area (Å²) in [5.41, 5.74) is 6.91. The molecule has 47 heavy (non-hydrogen) atoms. The minimum Gasteiger partial charge on any atom is -0.0778 e. The topological polar surface area (TPSA) is 0 Å². The van der Waals surface area contributed by atoms with Crippen LogP contribution in [0.15, 0.2) is 109 Å². The number of hydrogen-bond donors (Lipinski definition) is 0. The summed E-state index contributed by atoms with van der Waals surface area (Å²) < 4.78 is 0. The standard InChI is InChI=1S/2C21H24S2.Ni/c2*1-2-3-4-5-7-10-17-13-15-19(16-14-17)21(23)20(22)18-11-8-6-9-12-18;/h2*6,8-9,11-16H,2-5,7,10H2,1H3;. The van der Waals surface area contributed by atoms with Crippen molar-refractivity contribution in [2.75, 3.05) is 0 Å². The zero-order valence-corrected chi connectivity index (χ0v) is 32.1. The molecule has 0 bridgehead atoms. The van der Waals surface area contributed by atoms with Crippen LogP contribution >= 0.6 is 48.9 Å². The summed E-state index contributed by atoms with van der Waals surface area (Å²) in [6.07, 6.45) is 15.5. The Balaban J connectivity index is 0.000000320. The van der Waals surface area contributed by atoms with Gasteiger partial charge in [-0.05, 0) is 59.1 Å². The Morgan fingerprint density at radius 1 is 0.362 bits per heavy atom. The van der Waals surface area contributed by atoms with Gasteiger partial charge in [0, 0.05) is 16.5 Å². The van der Waals surface area contributed by atoms with E-state index in [1.54, 1.807) is 0 Å². The fourth-order valence-electron chi connectivity index (χ4n) is 5.21. The summed E-state index contributed by atoms with van der Waals surface area (Å²) in [5, 5.41) is 0. The zero-order valence-electron chi connectivity index (χ0n) is 27.8. The summed E-state index contributed by atoms with van der Waals surface area (Å²) >= 11 is 22.2. The van der Waals surface area contributed by atoms with Crippen LogP contribution in [-0.4, -0.2) is 19.5 Å². The molecule has 0 aliphatic heterocycles. The van der Waals surface area contributed by atoms with Crippen LogP contribution in [0.5, 0.6) is 0 Å². The first-order valence-corrected chi connectivity index (χ1v) is 18.5. The third kappa shape index (κ3) is 14.8. The maximum absolute atomic E-state index is 5.56. The van der Waals surface area contributed by atoms with Crippen LogP contribution < -0.4 is 0 Å². The van der Waals surface area contributed by atoms with Crippen LogP contribution in [0.2, 0.25) is 0 Å². The first-order valence-electron chi connectivity index (χ1n) is 16.9. The molecule has 0 heterocycles. The summed E-state index contributed by atoms with van der Waals surface area (Å²) in [7, 11) is 0. The molecule has 4 aromatic carbocycles. The van der Waals surface area contributed by atoms with Crippen molar-refractivity contribution < 1.29 is 16.5 Å². The first kappa shape index (κ1) is 40.9. The van der Waals surface area contributed by atoms with Crippen molar-refractivity contribution in [3.63, 3.8) is 0 Å². The van der Waals surface area contributed by atoms with Crippen LogP contribution in [0.4, 0.5) is 0 Å². The average molecular weight is 740 g/mol. The molecule has 250 valence electrons. The van der Waals surface area contributed by atoms with Gasteiger partial charge in [0.1, 0.15) is 0 Å². The van der Waals surface area contributed by atoms with Gasteiger partial charge in [0.15, 0.2) is 0 Å². The molecule has 4 rings (SSSR count). The maximum Gasteiger partial charge on any atom is 0.0636 e. The van der Waals surface area contributed by atoms with Gasteiger partial charge in [-0.1, -0.05) is 223 Å². The molecule has 0 saturated heterocycles. The van der Waals surface area contributed by atoms with Crippen LogP contribution in [0.25, 0.3) is 0 Å². The van der Waals surface area contributed by atoms with E-state index in [2.05, 4.69) is 62.4 Å². The van der Waals surface area contributed by atoms with Crippen molar-refractivity contribution in [1.29, 1.82) is 0 Å². The van der Waals surface area contributed by atoms with Crippen molar-refractivity contribution in [2.24, 2.45) is 0 Å². The largest absolute Gasteiger partial charge is 0.0778 e. The summed E-state index contributed by atoms with van der Waals surface area (Å²) in [6.45, 7) is 4.50. The predicted molar refractivity (Wildman–Crippen MR) is 217 cm³/mol. The van der Waals surface area contributed by atoms with Gasteiger partial charge in [-0.3, -0.25) is 0 Å². The van der Waals surface area contributed by atoms with Crippen LogP contribution in [0.3, 0.4) is 0 Å². The van der Waals surface area contributed by atoms with Crippen LogP contribution in [0.1, 0.15) is 111 Å². The quantitative estimate of drug-likeness (QED) is 0.0431. The SMILES string of the molecule is CCCCCCCc1ccc(C(=S)C(=S)c2ccccc2)cc1.CCCCCCCc1ccc(C(=S)C(=S)c2ccccc2)cc1.[Ni]. The Bertz CT molecular complexity index is 1380. The molecule has 0 saturated carbocycles. The van der Waals surface area contributed by atoms with E-state index < -0.39 is 0 Å². The molecule has 0 aromatic heterocycles. The van der Waals surface area contributed by atoms with E-state index in [-0.39, 0.29) is 16.5 Å². The van der Waals surface area contributed by atoms with Crippen molar-refractivity contribution in [3.8, 4) is 0 Å². The Morgan fingerprint density at radius 2 is 0.638 bits per heavy atom. The second-order valence-corrected chi connectivity index (χ2v) is 13.4. The van der Waals surface area contributed by atoms with Gasteiger partial charge in [0.25, 0.3) is 0 Å². The van der Waals surface area contributed by atoms with Crippen molar-refractivity contribution >= 4 is 68.3 Å². The fourth-order valence-corrected chi connectivity index (χ4v) is 6.23. The van der Waals surface area contributed by atoms with Gasteiger partial charge in [0.2, 0.25) is 0 Å². The number of unbranched alkanes of at least 4 members (excludes halogenated alkanes) is 8. The molecule has 0 aliphatic carbocycles. The van der Waals surface area contributed by atoms with Gasteiger partial charge >= 0.3 is 0 Å². The molecule has 0 nitrogen and oxygen atoms in total. The molecule has 0 spiro atoms.